The molecule has 0 aliphatic heterocycles. The summed E-state index contributed by atoms with van der Waals surface area (Å²) in [5, 5.41) is 0.566. The van der Waals surface area contributed by atoms with Crippen LogP contribution < -0.4 is 5.56 Å². The molecule has 17 heavy (non-hydrogen) atoms. The Morgan fingerprint density at radius 1 is 1.41 bits per heavy atom. The average Bonchev–Trinajstić information content (AvgIpc) is 2.33. The van der Waals surface area contributed by atoms with Crippen molar-refractivity contribution in [2.24, 2.45) is 0 Å². The first-order valence-corrected chi connectivity index (χ1v) is 5.60. The van der Waals surface area contributed by atoms with Gasteiger partial charge in [-0.1, -0.05) is 19.1 Å². The Bertz CT molecular complexity index is 629. The van der Waals surface area contributed by atoms with Crippen LogP contribution in [0.2, 0.25) is 0 Å². The molecule has 4 nitrogen and oxygen atoms in total. The highest BCUT2D eigenvalue weighted by Crippen LogP contribution is 2.11. The minimum absolute atomic E-state index is 0.0286. The molecule has 0 aliphatic rings. The minimum Gasteiger partial charge on any atom is -0.298 e. The Hall–Kier alpha value is -1.97. The molecule has 0 aliphatic carbocycles. The van der Waals surface area contributed by atoms with Gasteiger partial charge in [0.2, 0.25) is 0 Å². The second-order valence-electron chi connectivity index (χ2n) is 4.04. The third kappa shape index (κ3) is 2.11. The van der Waals surface area contributed by atoms with E-state index in [2.05, 4.69) is 4.98 Å². The topological polar surface area (TPSA) is 52.0 Å². The molecule has 0 N–H and O–H groups in total. The largest absolute Gasteiger partial charge is 0.298 e. The summed E-state index contributed by atoms with van der Waals surface area (Å²) in [5.41, 5.74) is 1.52. The summed E-state index contributed by atoms with van der Waals surface area (Å²) in [7, 11) is 0. The number of carbonyl (C=O) groups excluding carboxylic acids is 1. The molecular formula is C13H14N2O2. The molecule has 0 amide bonds. The van der Waals surface area contributed by atoms with Crippen molar-refractivity contribution in [3.8, 4) is 0 Å². The molecule has 0 bridgehead atoms. The summed E-state index contributed by atoms with van der Waals surface area (Å²) in [5.74, 6) is 0.0286. The molecule has 2 rings (SSSR count). The Kier molecular flexibility index (Phi) is 3.04. The van der Waals surface area contributed by atoms with Crippen molar-refractivity contribution in [2.45, 2.75) is 26.8 Å². The van der Waals surface area contributed by atoms with Crippen LogP contribution in [0.4, 0.5) is 0 Å². The van der Waals surface area contributed by atoms with Crippen LogP contribution in [-0.2, 0) is 11.3 Å². The van der Waals surface area contributed by atoms with Crippen molar-refractivity contribution in [3.63, 3.8) is 0 Å². The van der Waals surface area contributed by atoms with Gasteiger partial charge in [0, 0.05) is 6.42 Å². The summed E-state index contributed by atoms with van der Waals surface area (Å²) in [6.45, 7) is 3.80. The number of fused-ring (bicyclic) bond motifs is 1. The number of para-hydroxylation sites is 1. The standard InChI is InChI=1S/C13H14N2O2/c1-3-10(16)7-15-8-14-12-9(2)5-4-6-11(12)13(15)17/h4-6,8H,3,7H2,1-2H3. The van der Waals surface area contributed by atoms with Gasteiger partial charge in [0.1, 0.15) is 0 Å². The molecule has 0 unspecified atom stereocenters. The molecule has 88 valence electrons. The van der Waals surface area contributed by atoms with Gasteiger partial charge < -0.3 is 0 Å². The second-order valence-corrected chi connectivity index (χ2v) is 4.04. The maximum absolute atomic E-state index is 12.1. The highest BCUT2D eigenvalue weighted by atomic mass is 16.1. The van der Waals surface area contributed by atoms with Gasteiger partial charge in [-0.15, -0.1) is 0 Å². The van der Waals surface area contributed by atoms with Crippen molar-refractivity contribution >= 4 is 16.7 Å². The monoisotopic (exact) mass is 230 g/mol. The predicted molar refractivity (Wildman–Crippen MR) is 66.0 cm³/mol. The zero-order chi connectivity index (χ0) is 12.4. The molecule has 0 atom stereocenters. The van der Waals surface area contributed by atoms with Gasteiger partial charge in [-0.05, 0) is 18.6 Å². The number of ketones is 1. The number of hydrogen-bond donors (Lipinski definition) is 0. The zero-order valence-electron chi connectivity index (χ0n) is 9.93. The number of nitrogens with zero attached hydrogens (tertiary/aromatic N) is 2. The maximum atomic E-state index is 12.1. The van der Waals surface area contributed by atoms with E-state index in [0.29, 0.717) is 17.3 Å². The van der Waals surface area contributed by atoms with Gasteiger partial charge >= 0.3 is 0 Å². The Morgan fingerprint density at radius 2 is 2.18 bits per heavy atom. The van der Waals surface area contributed by atoms with Gasteiger partial charge in [0.25, 0.3) is 5.56 Å². The fraction of sp³-hybridized carbons (Fsp3) is 0.308. The summed E-state index contributed by atoms with van der Waals surface area (Å²) < 4.78 is 1.37. The van der Waals surface area contributed by atoms with Crippen LogP contribution in [0.1, 0.15) is 18.9 Å². The number of carbonyl (C=O) groups is 1. The van der Waals surface area contributed by atoms with Crippen LogP contribution >= 0.6 is 0 Å². The number of benzene rings is 1. The molecule has 0 saturated carbocycles. The molecule has 1 aromatic carbocycles. The van der Waals surface area contributed by atoms with Gasteiger partial charge in [-0.3, -0.25) is 14.2 Å². The molecule has 4 heteroatoms. The normalized spacial score (nSPS) is 10.7. The molecule has 0 saturated heterocycles. The van der Waals surface area contributed by atoms with Gasteiger partial charge in [-0.2, -0.15) is 0 Å². The fourth-order valence-corrected chi connectivity index (χ4v) is 1.75. The van der Waals surface area contributed by atoms with E-state index >= 15 is 0 Å². The lowest BCUT2D eigenvalue weighted by molar-refractivity contribution is -0.119. The molecule has 2 aromatic rings. The third-order valence-electron chi connectivity index (χ3n) is 2.80. The Labute approximate surface area is 98.9 Å². The smallest absolute Gasteiger partial charge is 0.261 e. The van der Waals surface area contributed by atoms with Crippen LogP contribution in [-0.4, -0.2) is 15.3 Å². The summed E-state index contributed by atoms with van der Waals surface area (Å²) >= 11 is 0. The number of aromatic nitrogens is 2. The van der Waals surface area contributed by atoms with E-state index in [1.807, 2.05) is 19.1 Å². The summed E-state index contributed by atoms with van der Waals surface area (Å²) in [6, 6.07) is 5.48. The molecule has 0 radical (unpaired) electrons. The van der Waals surface area contributed by atoms with Crippen LogP contribution in [0.5, 0.6) is 0 Å². The number of rotatable bonds is 3. The fourth-order valence-electron chi connectivity index (χ4n) is 1.75. The second kappa shape index (κ2) is 4.49. The highest BCUT2D eigenvalue weighted by molar-refractivity contribution is 5.81. The van der Waals surface area contributed by atoms with Crippen LogP contribution in [0, 0.1) is 6.92 Å². The van der Waals surface area contributed by atoms with E-state index < -0.39 is 0 Å². The molecule has 1 heterocycles. The predicted octanol–water partition coefficient (Wildman–Crippen LogP) is 1.68. The molecular weight excluding hydrogens is 216 g/mol. The van der Waals surface area contributed by atoms with E-state index in [1.165, 1.54) is 10.9 Å². The average molecular weight is 230 g/mol. The van der Waals surface area contributed by atoms with Crippen LogP contribution in [0.25, 0.3) is 10.9 Å². The van der Waals surface area contributed by atoms with Gasteiger partial charge in [0.15, 0.2) is 5.78 Å². The lowest BCUT2D eigenvalue weighted by Crippen LogP contribution is -2.24. The zero-order valence-corrected chi connectivity index (χ0v) is 9.93. The number of aryl methyl sites for hydroxylation is 1. The van der Waals surface area contributed by atoms with Gasteiger partial charge in [-0.25, -0.2) is 4.98 Å². The van der Waals surface area contributed by atoms with Crippen molar-refractivity contribution in [1.29, 1.82) is 0 Å². The van der Waals surface area contributed by atoms with E-state index in [4.69, 9.17) is 0 Å². The van der Waals surface area contributed by atoms with Gasteiger partial charge in [0.05, 0.1) is 23.8 Å². The number of hydrogen-bond acceptors (Lipinski definition) is 3. The van der Waals surface area contributed by atoms with E-state index in [9.17, 15) is 9.59 Å². The summed E-state index contributed by atoms with van der Waals surface area (Å²) in [6.07, 6.45) is 1.88. The van der Waals surface area contributed by atoms with E-state index in [1.54, 1.807) is 13.0 Å². The van der Waals surface area contributed by atoms with E-state index in [-0.39, 0.29) is 17.9 Å². The quantitative estimate of drug-likeness (QED) is 0.806. The van der Waals surface area contributed by atoms with Crippen LogP contribution in [0.3, 0.4) is 0 Å². The number of Topliss-reactive ketones (excluding diaryl/α,β-unsaturated/α-hetero) is 1. The SMILES string of the molecule is CCC(=O)Cn1cnc2c(C)cccc2c1=O. The first-order chi connectivity index (χ1) is 8.13. The third-order valence-corrected chi connectivity index (χ3v) is 2.80. The van der Waals surface area contributed by atoms with Crippen LogP contribution in [0.15, 0.2) is 29.3 Å². The van der Waals surface area contributed by atoms with Crippen molar-refractivity contribution in [3.05, 3.63) is 40.4 Å². The first kappa shape index (κ1) is 11.5. The van der Waals surface area contributed by atoms with Crippen molar-refractivity contribution < 1.29 is 4.79 Å². The summed E-state index contributed by atoms with van der Waals surface area (Å²) in [4.78, 5) is 27.7. The molecule has 1 aromatic heterocycles. The Balaban J connectivity index is 2.59. The van der Waals surface area contributed by atoms with Crippen molar-refractivity contribution in [2.75, 3.05) is 0 Å². The maximum Gasteiger partial charge on any atom is 0.261 e. The first-order valence-electron chi connectivity index (χ1n) is 5.60. The van der Waals surface area contributed by atoms with Crippen molar-refractivity contribution in [1.82, 2.24) is 9.55 Å². The highest BCUT2D eigenvalue weighted by Gasteiger charge is 2.07. The molecule has 0 fully saturated rings. The minimum atomic E-state index is -0.152. The molecule has 0 spiro atoms. The van der Waals surface area contributed by atoms with E-state index in [0.717, 1.165) is 5.56 Å². The lowest BCUT2D eigenvalue weighted by atomic mass is 10.1. The Morgan fingerprint density at radius 3 is 2.88 bits per heavy atom. The lowest BCUT2D eigenvalue weighted by Gasteiger charge is -2.06.